The van der Waals surface area contributed by atoms with Crippen LogP contribution in [0.4, 0.5) is 0 Å². The van der Waals surface area contributed by atoms with E-state index in [2.05, 4.69) is 4.72 Å². The fraction of sp³-hybridized carbons (Fsp3) is 0.462. The van der Waals surface area contributed by atoms with Crippen molar-refractivity contribution in [3.63, 3.8) is 0 Å². The molecule has 1 aliphatic carbocycles. The molecular formula is C13H18N2O2S2. The summed E-state index contributed by atoms with van der Waals surface area (Å²) in [4.78, 5) is 0.315. The molecule has 0 radical (unpaired) electrons. The number of nitrogens with two attached hydrogens (primary N) is 1. The average molecular weight is 298 g/mol. The molecule has 3 N–H and O–H groups in total. The molecule has 1 unspecified atom stereocenters. The molecule has 0 bridgehead atoms. The first-order valence-electron chi connectivity index (χ1n) is 6.26. The highest BCUT2D eigenvalue weighted by atomic mass is 32.2. The van der Waals surface area contributed by atoms with Gasteiger partial charge in [0, 0.05) is 11.6 Å². The van der Waals surface area contributed by atoms with Gasteiger partial charge in [-0.15, -0.1) is 0 Å². The number of hydrogen-bond donors (Lipinski definition) is 2. The lowest BCUT2D eigenvalue weighted by atomic mass is 10.1. The Morgan fingerprint density at radius 2 is 2.00 bits per heavy atom. The van der Waals surface area contributed by atoms with E-state index in [4.69, 9.17) is 18.0 Å². The number of hydrogen-bond acceptors (Lipinski definition) is 3. The van der Waals surface area contributed by atoms with Crippen LogP contribution < -0.4 is 10.5 Å². The molecule has 4 nitrogen and oxygen atoms in total. The zero-order valence-corrected chi connectivity index (χ0v) is 12.4. The monoisotopic (exact) mass is 298 g/mol. The second kappa shape index (κ2) is 5.56. The van der Waals surface area contributed by atoms with E-state index in [1.54, 1.807) is 24.3 Å². The van der Waals surface area contributed by atoms with E-state index in [0.717, 1.165) is 24.0 Å². The zero-order valence-electron chi connectivity index (χ0n) is 10.8. The lowest BCUT2D eigenvalue weighted by Crippen LogP contribution is -2.34. The number of sulfonamides is 1. The Morgan fingerprint density at radius 3 is 2.47 bits per heavy atom. The van der Waals surface area contributed by atoms with Gasteiger partial charge in [0.2, 0.25) is 10.0 Å². The van der Waals surface area contributed by atoms with E-state index in [0.29, 0.717) is 10.9 Å². The minimum absolute atomic E-state index is 0.0122. The van der Waals surface area contributed by atoms with Gasteiger partial charge in [-0.2, -0.15) is 0 Å². The van der Waals surface area contributed by atoms with Crippen LogP contribution in [-0.4, -0.2) is 19.4 Å². The van der Waals surface area contributed by atoms with Gasteiger partial charge in [0.1, 0.15) is 4.99 Å². The molecule has 0 amide bonds. The third kappa shape index (κ3) is 4.26. The van der Waals surface area contributed by atoms with Crippen molar-refractivity contribution in [3.8, 4) is 0 Å². The van der Waals surface area contributed by atoms with Crippen LogP contribution in [-0.2, 0) is 15.8 Å². The summed E-state index contributed by atoms with van der Waals surface area (Å²) >= 11 is 4.85. The van der Waals surface area contributed by atoms with Crippen LogP contribution in [0.25, 0.3) is 0 Å². The third-order valence-corrected chi connectivity index (χ3v) is 4.97. The first kappa shape index (κ1) is 14.4. The molecule has 1 aliphatic rings. The van der Waals surface area contributed by atoms with Crippen molar-refractivity contribution in [2.24, 2.45) is 11.7 Å². The Kier molecular flexibility index (Phi) is 4.23. The summed E-state index contributed by atoms with van der Waals surface area (Å²) in [5.74, 6) is 0.494. The normalized spacial score (nSPS) is 17.1. The molecule has 0 aliphatic heterocycles. The van der Waals surface area contributed by atoms with E-state index in [9.17, 15) is 8.42 Å². The molecule has 19 heavy (non-hydrogen) atoms. The summed E-state index contributed by atoms with van der Waals surface area (Å²) in [7, 11) is -3.29. The molecule has 0 heterocycles. The van der Waals surface area contributed by atoms with Crippen molar-refractivity contribution in [1.29, 1.82) is 0 Å². The Labute approximate surface area is 119 Å². The van der Waals surface area contributed by atoms with Gasteiger partial charge in [0.05, 0.1) is 5.75 Å². The Morgan fingerprint density at radius 1 is 1.42 bits per heavy atom. The van der Waals surface area contributed by atoms with E-state index in [1.807, 2.05) is 6.92 Å². The maximum Gasteiger partial charge on any atom is 0.216 e. The quantitative estimate of drug-likeness (QED) is 0.781. The molecule has 6 heteroatoms. The Balaban J connectivity index is 2.00. The Bertz CT molecular complexity index is 563. The molecule has 1 saturated carbocycles. The molecule has 0 spiro atoms. The molecule has 1 atom stereocenters. The van der Waals surface area contributed by atoms with E-state index >= 15 is 0 Å². The number of thiocarbonyl (C=S) groups is 1. The molecule has 104 valence electrons. The molecule has 1 aromatic carbocycles. The van der Waals surface area contributed by atoms with Crippen molar-refractivity contribution >= 4 is 27.2 Å². The summed E-state index contributed by atoms with van der Waals surface area (Å²) in [5, 5.41) is 0. The van der Waals surface area contributed by atoms with Gasteiger partial charge in [-0.1, -0.05) is 36.5 Å². The maximum atomic E-state index is 12.0. The minimum Gasteiger partial charge on any atom is -0.389 e. The van der Waals surface area contributed by atoms with E-state index in [-0.39, 0.29) is 11.8 Å². The maximum absolute atomic E-state index is 12.0. The lowest BCUT2D eigenvalue weighted by Gasteiger charge is -2.13. The van der Waals surface area contributed by atoms with Gasteiger partial charge in [-0.25, -0.2) is 13.1 Å². The highest BCUT2D eigenvalue weighted by molar-refractivity contribution is 7.88. The van der Waals surface area contributed by atoms with E-state index < -0.39 is 10.0 Å². The minimum atomic E-state index is -3.29. The second-order valence-corrected chi connectivity index (χ2v) is 7.26. The number of rotatable bonds is 6. The second-order valence-electron chi connectivity index (χ2n) is 5.06. The van der Waals surface area contributed by atoms with Crippen LogP contribution in [0.2, 0.25) is 0 Å². The molecule has 1 aromatic rings. The Hall–Kier alpha value is -0.980. The predicted octanol–water partition coefficient (Wildman–Crippen LogP) is 1.54. The molecule has 0 saturated heterocycles. The molecule has 1 fully saturated rings. The van der Waals surface area contributed by atoms with Gasteiger partial charge in [0.15, 0.2) is 0 Å². The fourth-order valence-corrected chi connectivity index (χ4v) is 3.61. The lowest BCUT2D eigenvalue weighted by molar-refractivity contribution is 0.537. The molecule has 0 aromatic heterocycles. The zero-order chi connectivity index (χ0) is 14.0. The summed E-state index contributed by atoms with van der Waals surface area (Å²) in [6, 6.07) is 7.01. The van der Waals surface area contributed by atoms with Crippen molar-refractivity contribution in [1.82, 2.24) is 4.72 Å². The third-order valence-electron chi connectivity index (χ3n) is 3.29. The summed E-state index contributed by atoms with van der Waals surface area (Å²) in [6.45, 7) is 1.92. The van der Waals surface area contributed by atoms with Gasteiger partial charge < -0.3 is 5.73 Å². The van der Waals surface area contributed by atoms with Crippen LogP contribution >= 0.6 is 12.2 Å². The van der Waals surface area contributed by atoms with Crippen LogP contribution in [0.1, 0.15) is 30.9 Å². The topological polar surface area (TPSA) is 72.2 Å². The predicted molar refractivity (Wildman–Crippen MR) is 80.3 cm³/mol. The van der Waals surface area contributed by atoms with Crippen molar-refractivity contribution < 1.29 is 8.42 Å². The van der Waals surface area contributed by atoms with E-state index in [1.165, 1.54) is 0 Å². The molecular weight excluding hydrogens is 280 g/mol. The van der Waals surface area contributed by atoms with Crippen LogP contribution in [0, 0.1) is 5.92 Å². The SMILES string of the molecule is CC(NS(=O)(=O)Cc1ccc(C(N)=S)cc1)C1CC1. The van der Waals surface area contributed by atoms with Gasteiger partial charge in [0.25, 0.3) is 0 Å². The molecule has 2 rings (SSSR count). The van der Waals surface area contributed by atoms with Crippen molar-refractivity contribution in [2.45, 2.75) is 31.6 Å². The largest absolute Gasteiger partial charge is 0.389 e. The summed E-state index contributed by atoms with van der Waals surface area (Å²) in [6.07, 6.45) is 2.23. The number of nitrogens with one attached hydrogen (secondary N) is 1. The fourth-order valence-electron chi connectivity index (χ4n) is 2.00. The van der Waals surface area contributed by atoms with Crippen molar-refractivity contribution in [2.75, 3.05) is 0 Å². The smallest absolute Gasteiger partial charge is 0.216 e. The first-order valence-corrected chi connectivity index (χ1v) is 8.32. The van der Waals surface area contributed by atoms with Gasteiger partial charge >= 0.3 is 0 Å². The highest BCUT2D eigenvalue weighted by Crippen LogP contribution is 2.32. The summed E-state index contributed by atoms with van der Waals surface area (Å²) < 4.78 is 26.7. The summed E-state index contributed by atoms with van der Waals surface area (Å²) in [5.41, 5.74) is 6.98. The standard InChI is InChI=1S/C13H18N2O2S2/c1-9(11-6-7-11)15-19(16,17)8-10-2-4-12(5-3-10)13(14)18/h2-5,9,11,15H,6-8H2,1H3,(H2,14,18). The first-order chi connectivity index (χ1) is 8.87. The van der Waals surface area contributed by atoms with Crippen LogP contribution in [0.5, 0.6) is 0 Å². The van der Waals surface area contributed by atoms with Gasteiger partial charge in [-0.3, -0.25) is 0 Å². The highest BCUT2D eigenvalue weighted by Gasteiger charge is 2.30. The van der Waals surface area contributed by atoms with Gasteiger partial charge in [-0.05, 0) is 31.2 Å². The van der Waals surface area contributed by atoms with Crippen LogP contribution in [0.15, 0.2) is 24.3 Å². The average Bonchev–Trinajstić information content (AvgIpc) is 3.11. The van der Waals surface area contributed by atoms with Crippen LogP contribution in [0.3, 0.4) is 0 Å². The number of benzene rings is 1. The van der Waals surface area contributed by atoms with Crippen molar-refractivity contribution in [3.05, 3.63) is 35.4 Å².